The molecule has 32 heavy (non-hydrogen) atoms. The number of ether oxygens (including phenoxy) is 2. The maximum absolute atomic E-state index is 12.4. The molecule has 1 aliphatic carbocycles. The highest BCUT2D eigenvalue weighted by Gasteiger charge is 2.38. The molecule has 2 fully saturated rings. The van der Waals surface area contributed by atoms with Gasteiger partial charge in [0.25, 0.3) is 5.91 Å². The summed E-state index contributed by atoms with van der Waals surface area (Å²) in [7, 11) is 0. The van der Waals surface area contributed by atoms with E-state index >= 15 is 0 Å². The van der Waals surface area contributed by atoms with E-state index < -0.39 is 5.97 Å². The Balaban J connectivity index is 1.28. The van der Waals surface area contributed by atoms with Crippen molar-refractivity contribution >= 4 is 11.9 Å². The van der Waals surface area contributed by atoms with Crippen LogP contribution in [0, 0.1) is 6.92 Å². The third-order valence-corrected chi connectivity index (χ3v) is 6.56. The van der Waals surface area contributed by atoms with Crippen LogP contribution in [0.3, 0.4) is 0 Å². The molecule has 0 unspecified atom stereocenters. The van der Waals surface area contributed by atoms with E-state index in [1.54, 1.807) is 6.07 Å². The van der Waals surface area contributed by atoms with E-state index in [4.69, 9.17) is 9.47 Å². The second-order valence-corrected chi connectivity index (χ2v) is 8.77. The van der Waals surface area contributed by atoms with Gasteiger partial charge in [-0.2, -0.15) is 5.10 Å². The summed E-state index contributed by atoms with van der Waals surface area (Å²) < 4.78 is 10.7. The maximum Gasteiger partial charge on any atom is 0.356 e. The van der Waals surface area contributed by atoms with Gasteiger partial charge in [0.15, 0.2) is 6.61 Å². The number of hydrogen-bond acceptors (Lipinski definition) is 6. The van der Waals surface area contributed by atoms with Gasteiger partial charge in [0.05, 0.1) is 18.9 Å². The highest BCUT2D eigenvalue weighted by atomic mass is 16.5. The number of aromatic amines is 1. The summed E-state index contributed by atoms with van der Waals surface area (Å²) in [6, 6.07) is 9.51. The summed E-state index contributed by atoms with van der Waals surface area (Å²) in [6.45, 7) is 5.55. The molecule has 0 atom stereocenters. The Hall–Kier alpha value is -2.71. The zero-order valence-corrected chi connectivity index (χ0v) is 18.7. The van der Waals surface area contributed by atoms with Crippen LogP contribution in [-0.2, 0) is 14.3 Å². The van der Waals surface area contributed by atoms with Gasteiger partial charge in [-0.3, -0.25) is 14.8 Å². The fourth-order valence-corrected chi connectivity index (χ4v) is 4.67. The van der Waals surface area contributed by atoms with Crippen LogP contribution < -0.4 is 5.32 Å². The van der Waals surface area contributed by atoms with Crippen molar-refractivity contribution in [3.8, 4) is 11.3 Å². The molecule has 4 rings (SSSR count). The smallest absolute Gasteiger partial charge is 0.356 e. The van der Waals surface area contributed by atoms with Crippen LogP contribution >= 0.6 is 0 Å². The van der Waals surface area contributed by atoms with Gasteiger partial charge < -0.3 is 14.8 Å². The van der Waals surface area contributed by atoms with Crippen molar-refractivity contribution in [3.05, 3.63) is 41.6 Å². The van der Waals surface area contributed by atoms with Crippen molar-refractivity contribution in [2.24, 2.45) is 0 Å². The van der Waals surface area contributed by atoms with Gasteiger partial charge in [-0.25, -0.2) is 4.79 Å². The molecule has 2 aliphatic rings. The van der Waals surface area contributed by atoms with Gasteiger partial charge in [-0.15, -0.1) is 0 Å². The Kier molecular flexibility index (Phi) is 7.22. The van der Waals surface area contributed by atoms with Gasteiger partial charge in [-0.05, 0) is 25.8 Å². The molecule has 2 aromatic rings. The first-order valence-electron chi connectivity index (χ1n) is 11.4. The molecule has 0 bridgehead atoms. The zero-order valence-electron chi connectivity index (χ0n) is 18.7. The largest absolute Gasteiger partial charge is 0.451 e. The van der Waals surface area contributed by atoms with Crippen LogP contribution in [0.2, 0.25) is 0 Å². The fraction of sp³-hybridized carbons (Fsp3) is 0.542. The Labute approximate surface area is 188 Å². The van der Waals surface area contributed by atoms with Crippen LogP contribution in [0.15, 0.2) is 30.3 Å². The number of H-pyrrole nitrogens is 1. The molecule has 8 nitrogen and oxygen atoms in total. The molecule has 1 amide bonds. The van der Waals surface area contributed by atoms with Crippen LogP contribution in [0.25, 0.3) is 11.3 Å². The third kappa shape index (κ3) is 5.37. The van der Waals surface area contributed by atoms with Crippen molar-refractivity contribution < 1.29 is 19.1 Å². The maximum atomic E-state index is 12.4. The minimum atomic E-state index is -0.591. The van der Waals surface area contributed by atoms with Crippen molar-refractivity contribution in [2.45, 2.75) is 44.6 Å². The highest BCUT2D eigenvalue weighted by molar-refractivity contribution is 5.90. The molecule has 1 saturated heterocycles. The van der Waals surface area contributed by atoms with Crippen molar-refractivity contribution in [1.82, 2.24) is 20.4 Å². The second-order valence-electron chi connectivity index (χ2n) is 8.77. The second kappa shape index (κ2) is 10.3. The summed E-state index contributed by atoms with van der Waals surface area (Å²) in [5, 5.41) is 9.89. The number of amides is 1. The van der Waals surface area contributed by atoms with Crippen LogP contribution in [0.5, 0.6) is 0 Å². The van der Waals surface area contributed by atoms with E-state index in [0.29, 0.717) is 12.2 Å². The molecule has 0 radical (unpaired) electrons. The summed E-state index contributed by atoms with van der Waals surface area (Å²) in [4.78, 5) is 27.3. The van der Waals surface area contributed by atoms with Crippen molar-refractivity contribution in [3.63, 3.8) is 0 Å². The van der Waals surface area contributed by atoms with Crippen molar-refractivity contribution in [2.75, 3.05) is 39.5 Å². The zero-order chi connectivity index (χ0) is 22.4. The molecule has 1 aromatic carbocycles. The number of nitrogens with zero attached hydrogens (tertiary/aromatic N) is 2. The van der Waals surface area contributed by atoms with Crippen LogP contribution in [0.1, 0.15) is 48.2 Å². The summed E-state index contributed by atoms with van der Waals surface area (Å²) in [6.07, 6.45) is 5.73. The van der Waals surface area contributed by atoms with Gasteiger partial charge in [0.1, 0.15) is 5.69 Å². The lowest BCUT2D eigenvalue weighted by molar-refractivity contribution is -0.125. The number of hydrogen-bond donors (Lipinski definition) is 2. The lowest BCUT2D eigenvalue weighted by Crippen LogP contribution is -2.59. The topological polar surface area (TPSA) is 96.5 Å². The normalized spacial score (nSPS) is 18.8. The number of esters is 1. The third-order valence-electron chi connectivity index (χ3n) is 6.56. The first kappa shape index (κ1) is 22.5. The molecule has 1 aliphatic heterocycles. The minimum Gasteiger partial charge on any atom is -0.451 e. The number of rotatable bonds is 7. The quantitative estimate of drug-likeness (QED) is 0.643. The number of carbonyl (C=O) groups excluding carboxylic acids is 2. The molecular formula is C24H32N4O4. The number of aromatic nitrogens is 2. The number of nitrogens with one attached hydrogen (secondary N) is 2. The summed E-state index contributed by atoms with van der Waals surface area (Å²) in [5.41, 5.74) is 2.92. The van der Waals surface area contributed by atoms with Gasteiger partial charge in [-0.1, -0.05) is 49.1 Å². The Morgan fingerprint density at radius 3 is 2.59 bits per heavy atom. The Bertz CT molecular complexity index is 912. The summed E-state index contributed by atoms with van der Waals surface area (Å²) >= 11 is 0. The Morgan fingerprint density at radius 1 is 1.16 bits per heavy atom. The van der Waals surface area contributed by atoms with E-state index in [1.807, 2.05) is 31.2 Å². The van der Waals surface area contributed by atoms with Gasteiger partial charge >= 0.3 is 5.97 Å². The fourth-order valence-electron chi connectivity index (χ4n) is 4.67. The van der Waals surface area contributed by atoms with E-state index in [9.17, 15) is 9.59 Å². The van der Waals surface area contributed by atoms with E-state index in [2.05, 4.69) is 20.4 Å². The average Bonchev–Trinajstić information content (AvgIpc) is 3.33. The lowest BCUT2D eigenvalue weighted by atomic mass is 9.79. The first-order chi connectivity index (χ1) is 15.6. The van der Waals surface area contributed by atoms with E-state index in [-0.39, 0.29) is 23.7 Å². The molecule has 8 heteroatoms. The summed E-state index contributed by atoms with van der Waals surface area (Å²) in [5.74, 6) is -0.874. The number of aryl methyl sites for hydroxylation is 1. The average molecular weight is 441 g/mol. The van der Waals surface area contributed by atoms with E-state index in [0.717, 1.165) is 50.3 Å². The monoisotopic (exact) mass is 440 g/mol. The van der Waals surface area contributed by atoms with Gasteiger partial charge in [0.2, 0.25) is 0 Å². The minimum absolute atomic E-state index is 0.0198. The standard InChI is InChI=1S/C24H32N4O4/c1-18-5-7-19(8-6-18)20-15-21(27-26-20)23(30)32-16-22(29)25-17-24(9-3-2-4-10-24)28-11-13-31-14-12-28/h5-8,15H,2-4,9-14,16-17H2,1H3,(H,25,29)(H,26,27). The Morgan fingerprint density at radius 2 is 1.88 bits per heavy atom. The molecule has 2 heterocycles. The number of morpholine rings is 1. The highest BCUT2D eigenvalue weighted by Crippen LogP contribution is 2.33. The number of carbonyl (C=O) groups is 2. The SMILES string of the molecule is Cc1ccc(-c2cc(C(=O)OCC(=O)NCC3(N4CCOCC4)CCCCC3)[nH]n2)cc1. The van der Waals surface area contributed by atoms with Crippen molar-refractivity contribution in [1.29, 1.82) is 0 Å². The molecule has 2 N–H and O–H groups in total. The van der Waals surface area contributed by atoms with Gasteiger partial charge in [0, 0.05) is 30.7 Å². The predicted octanol–water partition coefficient (Wildman–Crippen LogP) is 2.69. The lowest BCUT2D eigenvalue weighted by Gasteiger charge is -2.48. The molecular weight excluding hydrogens is 408 g/mol. The molecule has 1 aromatic heterocycles. The molecule has 172 valence electrons. The van der Waals surface area contributed by atoms with Crippen LogP contribution in [-0.4, -0.2) is 72.0 Å². The predicted molar refractivity (Wildman–Crippen MR) is 120 cm³/mol. The van der Waals surface area contributed by atoms with Crippen LogP contribution in [0.4, 0.5) is 0 Å². The molecule has 1 saturated carbocycles. The van der Waals surface area contributed by atoms with E-state index in [1.165, 1.54) is 19.3 Å². The number of benzene rings is 1. The molecule has 0 spiro atoms. The first-order valence-corrected chi connectivity index (χ1v) is 11.4.